The fourth-order valence-corrected chi connectivity index (χ4v) is 1.25. The summed E-state index contributed by atoms with van der Waals surface area (Å²) in [4.78, 5) is 0. The highest BCUT2D eigenvalue weighted by molar-refractivity contribution is 5.47. The van der Waals surface area contributed by atoms with Crippen LogP contribution in [0.4, 0.5) is 0 Å². The molecular formula is C10H14. The lowest BCUT2D eigenvalue weighted by atomic mass is 10.1. The Bertz CT molecular complexity index is 192. The zero-order chi connectivity index (χ0) is 7.40. The lowest BCUT2D eigenvalue weighted by molar-refractivity contribution is 0.921. The topological polar surface area (TPSA) is 0 Å². The van der Waals surface area contributed by atoms with Gasteiger partial charge in [0.25, 0.3) is 0 Å². The largest absolute Gasteiger partial charge is 0.0801 e. The van der Waals surface area contributed by atoms with Crippen LogP contribution in [0.15, 0.2) is 35.5 Å². The lowest BCUT2D eigenvalue weighted by Crippen LogP contribution is -1.80. The fraction of sp³-hybridized carbons (Fsp3) is 0.400. The highest BCUT2D eigenvalue weighted by atomic mass is 14.1. The summed E-state index contributed by atoms with van der Waals surface area (Å²) in [6.45, 7) is 4.31. The minimum atomic E-state index is 1.21. The van der Waals surface area contributed by atoms with Gasteiger partial charge in [0, 0.05) is 0 Å². The molecule has 0 amide bonds. The maximum Gasteiger partial charge on any atom is -0.0267 e. The maximum atomic E-state index is 2.21. The van der Waals surface area contributed by atoms with Gasteiger partial charge in [-0.05, 0) is 24.5 Å². The van der Waals surface area contributed by atoms with Gasteiger partial charge in [0.05, 0.1) is 0 Å². The molecule has 0 aromatic rings. The number of hydrogen-bond donors (Lipinski definition) is 0. The van der Waals surface area contributed by atoms with Crippen molar-refractivity contribution in [2.75, 3.05) is 0 Å². The summed E-state index contributed by atoms with van der Waals surface area (Å²) >= 11 is 0. The van der Waals surface area contributed by atoms with E-state index in [4.69, 9.17) is 0 Å². The molecule has 0 aromatic carbocycles. The molecule has 0 heterocycles. The third-order valence-electron chi connectivity index (χ3n) is 1.77. The Labute approximate surface area is 62.9 Å². The second-order valence-electron chi connectivity index (χ2n) is 2.55. The summed E-state index contributed by atoms with van der Waals surface area (Å²) in [6, 6.07) is 0. The standard InChI is InChI=1S/C10H14/c1-3-6-10-8-5-7-9(10)4-2/h4-5,7-8H,3,6H2,1-2H3/b9-4-. The van der Waals surface area contributed by atoms with Crippen LogP contribution in [-0.4, -0.2) is 0 Å². The Balaban J connectivity index is 2.63. The smallest absolute Gasteiger partial charge is 0.0267 e. The van der Waals surface area contributed by atoms with Crippen molar-refractivity contribution in [3.8, 4) is 0 Å². The van der Waals surface area contributed by atoms with E-state index >= 15 is 0 Å². The van der Waals surface area contributed by atoms with E-state index in [9.17, 15) is 0 Å². The Kier molecular flexibility index (Phi) is 2.49. The van der Waals surface area contributed by atoms with Crippen LogP contribution in [0.3, 0.4) is 0 Å². The Morgan fingerprint density at radius 3 is 2.90 bits per heavy atom. The summed E-state index contributed by atoms with van der Waals surface area (Å²) in [6.07, 6.45) is 11.1. The third kappa shape index (κ3) is 1.38. The fourth-order valence-electron chi connectivity index (χ4n) is 1.25. The molecule has 0 aliphatic heterocycles. The first-order valence-corrected chi connectivity index (χ1v) is 3.92. The molecule has 0 bridgehead atoms. The van der Waals surface area contributed by atoms with Crippen LogP contribution >= 0.6 is 0 Å². The van der Waals surface area contributed by atoms with Crippen LogP contribution in [-0.2, 0) is 0 Å². The molecule has 54 valence electrons. The molecule has 0 saturated carbocycles. The van der Waals surface area contributed by atoms with Gasteiger partial charge in [0.15, 0.2) is 0 Å². The average molecular weight is 134 g/mol. The molecule has 0 heteroatoms. The highest BCUT2D eigenvalue weighted by Gasteiger charge is 2.02. The van der Waals surface area contributed by atoms with Crippen molar-refractivity contribution in [3.05, 3.63) is 35.5 Å². The molecule has 0 nitrogen and oxygen atoms in total. The molecule has 0 N–H and O–H groups in total. The van der Waals surface area contributed by atoms with Crippen molar-refractivity contribution in [3.63, 3.8) is 0 Å². The summed E-state index contributed by atoms with van der Waals surface area (Å²) in [7, 11) is 0. The van der Waals surface area contributed by atoms with Crippen molar-refractivity contribution >= 4 is 0 Å². The Morgan fingerprint density at radius 1 is 1.50 bits per heavy atom. The highest BCUT2D eigenvalue weighted by Crippen LogP contribution is 2.21. The molecule has 0 aromatic heterocycles. The van der Waals surface area contributed by atoms with Crippen LogP contribution in [0.5, 0.6) is 0 Å². The van der Waals surface area contributed by atoms with Crippen LogP contribution < -0.4 is 0 Å². The van der Waals surface area contributed by atoms with E-state index in [1.165, 1.54) is 24.0 Å². The van der Waals surface area contributed by atoms with E-state index in [0.29, 0.717) is 0 Å². The molecule has 1 aliphatic carbocycles. The van der Waals surface area contributed by atoms with E-state index in [1.807, 2.05) is 0 Å². The molecule has 1 aliphatic rings. The third-order valence-corrected chi connectivity index (χ3v) is 1.77. The predicted molar refractivity (Wildman–Crippen MR) is 45.9 cm³/mol. The van der Waals surface area contributed by atoms with Crippen molar-refractivity contribution in [1.29, 1.82) is 0 Å². The lowest BCUT2D eigenvalue weighted by Gasteiger charge is -2.00. The van der Waals surface area contributed by atoms with Gasteiger partial charge in [-0.2, -0.15) is 0 Å². The second kappa shape index (κ2) is 3.40. The molecule has 0 fully saturated rings. The van der Waals surface area contributed by atoms with Gasteiger partial charge in [0.2, 0.25) is 0 Å². The van der Waals surface area contributed by atoms with Crippen molar-refractivity contribution in [1.82, 2.24) is 0 Å². The summed E-state index contributed by atoms with van der Waals surface area (Å²) in [5.74, 6) is 0. The SMILES string of the molecule is C/C=C1/C=CC=C1CCC. The van der Waals surface area contributed by atoms with Crippen LogP contribution in [0, 0.1) is 0 Å². The van der Waals surface area contributed by atoms with Crippen LogP contribution in [0.25, 0.3) is 0 Å². The number of hydrogen-bond acceptors (Lipinski definition) is 0. The van der Waals surface area contributed by atoms with Gasteiger partial charge in [-0.3, -0.25) is 0 Å². The predicted octanol–water partition coefficient (Wildman–Crippen LogP) is 3.23. The first kappa shape index (κ1) is 7.33. The maximum absolute atomic E-state index is 2.21. The zero-order valence-corrected chi connectivity index (χ0v) is 6.72. The Hall–Kier alpha value is -0.780. The number of rotatable bonds is 2. The molecule has 0 spiro atoms. The van der Waals surface area contributed by atoms with E-state index in [2.05, 4.69) is 38.2 Å². The van der Waals surface area contributed by atoms with Gasteiger partial charge >= 0.3 is 0 Å². The Morgan fingerprint density at radius 2 is 2.30 bits per heavy atom. The van der Waals surface area contributed by atoms with E-state index in [-0.39, 0.29) is 0 Å². The first-order valence-electron chi connectivity index (χ1n) is 3.92. The molecule has 10 heavy (non-hydrogen) atoms. The summed E-state index contributed by atoms with van der Waals surface area (Å²) < 4.78 is 0. The first-order chi connectivity index (χ1) is 4.88. The molecule has 0 radical (unpaired) electrons. The molecule has 0 unspecified atom stereocenters. The van der Waals surface area contributed by atoms with Crippen LogP contribution in [0.2, 0.25) is 0 Å². The number of allylic oxidation sites excluding steroid dienone is 6. The normalized spacial score (nSPS) is 20.2. The van der Waals surface area contributed by atoms with Crippen molar-refractivity contribution in [2.45, 2.75) is 26.7 Å². The molecule has 1 rings (SSSR count). The van der Waals surface area contributed by atoms with Gasteiger partial charge in [0.1, 0.15) is 0 Å². The van der Waals surface area contributed by atoms with Gasteiger partial charge < -0.3 is 0 Å². The van der Waals surface area contributed by atoms with Gasteiger partial charge in [-0.15, -0.1) is 0 Å². The van der Waals surface area contributed by atoms with E-state index in [0.717, 1.165) is 0 Å². The molecule has 0 saturated heterocycles. The van der Waals surface area contributed by atoms with Gasteiger partial charge in [-0.1, -0.05) is 37.6 Å². The summed E-state index contributed by atoms with van der Waals surface area (Å²) in [5.41, 5.74) is 2.90. The monoisotopic (exact) mass is 134 g/mol. The van der Waals surface area contributed by atoms with Crippen molar-refractivity contribution < 1.29 is 0 Å². The quantitative estimate of drug-likeness (QED) is 0.544. The summed E-state index contributed by atoms with van der Waals surface area (Å²) in [5, 5.41) is 0. The van der Waals surface area contributed by atoms with E-state index < -0.39 is 0 Å². The molecular weight excluding hydrogens is 120 g/mol. The second-order valence-corrected chi connectivity index (χ2v) is 2.55. The van der Waals surface area contributed by atoms with Crippen LogP contribution in [0.1, 0.15) is 26.7 Å². The minimum Gasteiger partial charge on any atom is -0.0801 e. The minimum absolute atomic E-state index is 1.21. The van der Waals surface area contributed by atoms with Crippen molar-refractivity contribution in [2.24, 2.45) is 0 Å². The zero-order valence-electron chi connectivity index (χ0n) is 6.72. The van der Waals surface area contributed by atoms with E-state index in [1.54, 1.807) is 0 Å². The molecule has 0 atom stereocenters. The van der Waals surface area contributed by atoms with Gasteiger partial charge in [-0.25, -0.2) is 0 Å². The average Bonchev–Trinajstić information content (AvgIpc) is 2.36.